The zero-order valence-corrected chi connectivity index (χ0v) is 20.7. The zero-order valence-electron chi connectivity index (χ0n) is 20.7. The molecule has 184 valence electrons. The third-order valence-electron chi connectivity index (χ3n) is 6.34. The summed E-state index contributed by atoms with van der Waals surface area (Å²) in [6.45, 7) is 5.28. The van der Waals surface area contributed by atoms with Gasteiger partial charge in [0.05, 0.1) is 0 Å². The van der Waals surface area contributed by atoms with E-state index in [9.17, 15) is 14.4 Å². The minimum atomic E-state index is -0.752. The summed E-state index contributed by atoms with van der Waals surface area (Å²) in [4.78, 5) is 43.2. The first-order valence-corrected chi connectivity index (χ1v) is 11.9. The highest BCUT2D eigenvalue weighted by Crippen LogP contribution is 2.19. The summed E-state index contributed by atoms with van der Waals surface area (Å²) >= 11 is 0. The van der Waals surface area contributed by atoms with Crippen LogP contribution in [0.3, 0.4) is 0 Å². The number of hydrogen-bond acceptors (Lipinski definition) is 3. The Bertz CT molecular complexity index is 1190. The van der Waals surface area contributed by atoms with E-state index in [4.69, 9.17) is 0 Å². The average molecular weight is 475 g/mol. The fraction of sp³-hybridized carbons (Fsp3) is 0.321. The van der Waals surface area contributed by atoms with E-state index in [1.165, 1.54) is 11.8 Å². The van der Waals surface area contributed by atoms with Gasteiger partial charge in [-0.1, -0.05) is 68.8 Å². The summed E-state index contributed by atoms with van der Waals surface area (Å²) in [6, 6.07) is 16.1. The number of carbonyl (C=O) groups excluding carboxylic acids is 3. The van der Waals surface area contributed by atoms with Crippen molar-refractivity contribution in [1.82, 2.24) is 20.5 Å². The Morgan fingerprint density at radius 1 is 1.06 bits per heavy atom. The van der Waals surface area contributed by atoms with Crippen LogP contribution in [0.2, 0.25) is 0 Å². The fourth-order valence-electron chi connectivity index (χ4n) is 4.06. The summed E-state index contributed by atoms with van der Waals surface area (Å²) in [5.41, 5.74) is 2.90. The molecule has 0 radical (unpaired) electrons. The van der Waals surface area contributed by atoms with Gasteiger partial charge in [0, 0.05) is 49.3 Å². The van der Waals surface area contributed by atoms with Crippen molar-refractivity contribution in [1.29, 1.82) is 0 Å². The Kier molecular flexibility index (Phi) is 8.84. The topological polar surface area (TPSA) is 94.3 Å². The first-order chi connectivity index (χ1) is 16.8. The quantitative estimate of drug-likeness (QED) is 0.416. The molecular formula is C28H34N4O3. The van der Waals surface area contributed by atoms with E-state index in [0.29, 0.717) is 12.8 Å². The summed E-state index contributed by atoms with van der Waals surface area (Å²) in [7, 11) is 1.62. The number of nitrogens with zero attached hydrogens (tertiary/aromatic N) is 1. The maximum Gasteiger partial charge on any atom is 0.247 e. The smallest absolute Gasteiger partial charge is 0.247 e. The minimum absolute atomic E-state index is 0.0731. The van der Waals surface area contributed by atoms with Crippen LogP contribution in [-0.2, 0) is 20.8 Å². The van der Waals surface area contributed by atoms with E-state index in [-0.39, 0.29) is 23.6 Å². The van der Waals surface area contributed by atoms with Gasteiger partial charge in [0.15, 0.2) is 0 Å². The van der Waals surface area contributed by atoms with Crippen LogP contribution in [-0.4, -0.2) is 46.7 Å². The van der Waals surface area contributed by atoms with Gasteiger partial charge in [0.25, 0.3) is 0 Å². The number of aromatic nitrogens is 1. The van der Waals surface area contributed by atoms with Crippen molar-refractivity contribution in [3.05, 3.63) is 78.1 Å². The summed E-state index contributed by atoms with van der Waals surface area (Å²) < 4.78 is 0. The van der Waals surface area contributed by atoms with E-state index in [1.54, 1.807) is 13.2 Å². The lowest BCUT2D eigenvalue weighted by atomic mass is 9.96. The number of amides is 3. The molecule has 1 heterocycles. The molecule has 0 bridgehead atoms. The second-order valence-electron chi connectivity index (χ2n) is 8.85. The van der Waals surface area contributed by atoms with Crippen molar-refractivity contribution in [3.63, 3.8) is 0 Å². The molecule has 7 nitrogen and oxygen atoms in total. The third kappa shape index (κ3) is 6.59. The Balaban J connectivity index is 1.81. The number of fused-ring (bicyclic) bond motifs is 1. The predicted octanol–water partition coefficient (Wildman–Crippen LogP) is 3.88. The summed E-state index contributed by atoms with van der Waals surface area (Å²) in [5.74, 6) is -0.934. The zero-order chi connectivity index (χ0) is 25.4. The third-order valence-corrected chi connectivity index (χ3v) is 6.34. The van der Waals surface area contributed by atoms with Crippen LogP contribution in [0.15, 0.2) is 67.0 Å². The number of aromatic amines is 1. The molecule has 3 aromatic rings. The standard InChI is InChI=1S/C28H34N4O3/c1-5-19(2)26(31-20(3)33)28(35)32(4)25(17-21-11-7-6-8-12-21)27(34)29-16-15-22-18-30-24-14-10-9-13-23(22)24/h6-16,18-19,25-26,30H,5,17H2,1-4H3,(H,29,34)(H,31,33)/b16-15-/t19-,25+,26+/m1/s1. The number of benzene rings is 2. The van der Waals surface area contributed by atoms with E-state index >= 15 is 0 Å². The number of nitrogens with one attached hydrogen (secondary N) is 3. The van der Waals surface area contributed by atoms with Gasteiger partial charge in [-0.3, -0.25) is 14.4 Å². The lowest BCUT2D eigenvalue weighted by Crippen LogP contribution is -2.56. The molecule has 0 aliphatic rings. The van der Waals surface area contributed by atoms with Crippen LogP contribution in [0, 0.1) is 5.92 Å². The number of hydrogen-bond donors (Lipinski definition) is 3. The van der Waals surface area contributed by atoms with Crippen LogP contribution in [0.1, 0.15) is 38.3 Å². The van der Waals surface area contributed by atoms with Crippen molar-refractivity contribution in [3.8, 4) is 0 Å². The number of carbonyl (C=O) groups is 3. The van der Waals surface area contributed by atoms with Crippen LogP contribution >= 0.6 is 0 Å². The van der Waals surface area contributed by atoms with Gasteiger partial charge in [-0.15, -0.1) is 0 Å². The monoisotopic (exact) mass is 474 g/mol. The Morgan fingerprint density at radius 3 is 2.43 bits per heavy atom. The molecule has 0 saturated carbocycles. The molecule has 3 atom stereocenters. The summed E-state index contributed by atoms with van der Waals surface area (Å²) in [5, 5.41) is 6.67. The first kappa shape index (κ1) is 25.7. The lowest BCUT2D eigenvalue weighted by Gasteiger charge is -2.32. The van der Waals surface area contributed by atoms with Gasteiger partial charge in [-0.05, 0) is 23.6 Å². The van der Waals surface area contributed by atoms with Crippen molar-refractivity contribution in [2.75, 3.05) is 7.05 Å². The molecule has 3 rings (SSSR count). The highest BCUT2D eigenvalue weighted by molar-refractivity contribution is 5.93. The predicted molar refractivity (Wildman–Crippen MR) is 139 cm³/mol. The average Bonchev–Trinajstić information content (AvgIpc) is 3.28. The van der Waals surface area contributed by atoms with E-state index in [2.05, 4.69) is 15.6 Å². The van der Waals surface area contributed by atoms with E-state index in [1.807, 2.05) is 80.7 Å². The summed E-state index contributed by atoms with van der Waals surface area (Å²) in [6.07, 6.45) is 6.39. The van der Waals surface area contributed by atoms with Gasteiger partial charge >= 0.3 is 0 Å². The molecular weight excluding hydrogens is 440 g/mol. The molecule has 0 aliphatic carbocycles. The normalized spacial score (nSPS) is 13.8. The number of likely N-dealkylation sites (N-methyl/N-ethyl adjacent to an activating group) is 1. The van der Waals surface area contributed by atoms with Crippen molar-refractivity contribution in [2.45, 2.75) is 45.7 Å². The Hall–Kier alpha value is -3.87. The van der Waals surface area contributed by atoms with Crippen molar-refractivity contribution < 1.29 is 14.4 Å². The molecule has 1 aromatic heterocycles. The van der Waals surface area contributed by atoms with Crippen LogP contribution in [0.5, 0.6) is 0 Å². The molecule has 0 unspecified atom stereocenters. The van der Waals surface area contributed by atoms with Crippen LogP contribution in [0.4, 0.5) is 0 Å². The molecule has 3 amide bonds. The lowest BCUT2D eigenvalue weighted by molar-refractivity contribution is -0.142. The van der Waals surface area contributed by atoms with Crippen LogP contribution < -0.4 is 10.6 Å². The first-order valence-electron chi connectivity index (χ1n) is 11.9. The number of para-hydroxylation sites is 1. The molecule has 0 saturated heterocycles. The van der Waals surface area contributed by atoms with Gasteiger partial charge in [0.2, 0.25) is 17.7 Å². The molecule has 0 spiro atoms. The Morgan fingerprint density at radius 2 is 1.74 bits per heavy atom. The van der Waals surface area contributed by atoms with Crippen molar-refractivity contribution >= 4 is 34.7 Å². The molecule has 35 heavy (non-hydrogen) atoms. The number of rotatable bonds is 10. The molecule has 3 N–H and O–H groups in total. The second-order valence-corrected chi connectivity index (χ2v) is 8.85. The van der Waals surface area contributed by atoms with Gasteiger partial charge < -0.3 is 20.5 Å². The fourth-order valence-corrected chi connectivity index (χ4v) is 4.06. The second kappa shape index (κ2) is 12.0. The molecule has 0 aliphatic heterocycles. The maximum absolute atomic E-state index is 13.4. The van der Waals surface area contributed by atoms with Gasteiger partial charge in [0.1, 0.15) is 12.1 Å². The largest absolute Gasteiger partial charge is 0.361 e. The van der Waals surface area contributed by atoms with Crippen LogP contribution in [0.25, 0.3) is 17.0 Å². The van der Waals surface area contributed by atoms with Crippen molar-refractivity contribution in [2.24, 2.45) is 5.92 Å². The molecule has 7 heteroatoms. The van der Waals surface area contributed by atoms with E-state index in [0.717, 1.165) is 22.0 Å². The number of H-pyrrole nitrogens is 1. The SMILES string of the molecule is CC[C@@H](C)[C@H](NC(C)=O)C(=O)N(C)[C@@H](Cc1ccccc1)C(=O)N/C=C\c1c[nH]c2ccccc12. The molecule has 2 aromatic carbocycles. The maximum atomic E-state index is 13.4. The highest BCUT2D eigenvalue weighted by Gasteiger charge is 2.33. The van der Waals surface area contributed by atoms with Gasteiger partial charge in [-0.2, -0.15) is 0 Å². The van der Waals surface area contributed by atoms with E-state index < -0.39 is 12.1 Å². The minimum Gasteiger partial charge on any atom is -0.361 e. The Labute approximate surface area is 206 Å². The van der Waals surface area contributed by atoms with Gasteiger partial charge in [-0.25, -0.2) is 0 Å². The molecule has 0 fully saturated rings. The highest BCUT2D eigenvalue weighted by atomic mass is 16.2.